The Kier molecular flexibility index (Phi) is 7.11. The lowest BCUT2D eigenvalue weighted by atomic mass is 9.84. The van der Waals surface area contributed by atoms with Gasteiger partial charge in [0.25, 0.3) is 0 Å². The van der Waals surface area contributed by atoms with Crippen LogP contribution < -0.4 is 0 Å². The smallest absolute Gasteiger partial charge is 0.411 e. The fraction of sp³-hybridized carbons (Fsp3) is 0.321. The van der Waals surface area contributed by atoms with Gasteiger partial charge in [-0.25, -0.2) is 4.79 Å². The molecule has 3 aromatic rings. The molecule has 2 N–H and O–H groups in total. The van der Waals surface area contributed by atoms with E-state index >= 15 is 0 Å². The molecule has 4 rings (SSSR count). The van der Waals surface area contributed by atoms with Gasteiger partial charge >= 0.3 is 6.09 Å². The van der Waals surface area contributed by atoms with Crippen LogP contribution in [0.5, 0.6) is 0 Å². The fourth-order valence-electron chi connectivity index (χ4n) is 4.59. The van der Waals surface area contributed by atoms with E-state index in [0.29, 0.717) is 25.8 Å². The number of ether oxygens (including phenoxy) is 1. The third-order valence-corrected chi connectivity index (χ3v) is 6.64. The summed E-state index contributed by atoms with van der Waals surface area (Å²) in [4.78, 5) is 14.9. The Morgan fingerprint density at radius 2 is 1.58 bits per heavy atom. The first-order valence-electron chi connectivity index (χ1n) is 11.5. The maximum Gasteiger partial charge on any atom is 0.411 e. The van der Waals surface area contributed by atoms with Crippen molar-refractivity contribution in [2.45, 2.75) is 44.4 Å². The number of aliphatic hydroxyl groups is 2. The number of carbonyl (C=O) groups excluding carboxylic acids is 1. The van der Waals surface area contributed by atoms with Gasteiger partial charge in [0, 0.05) is 19.6 Å². The van der Waals surface area contributed by atoms with Crippen LogP contribution in [0.2, 0.25) is 0 Å². The van der Waals surface area contributed by atoms with Gasteiger partial charge in [0.2, 0.25) is 0 Å². The summed E-state index contributed by atoms with van der Waals surface area (Å²) in [7, 11) is 0. The zero-order valence-electron chi connectivity index (χ0n) is 19.0. The van der Waals surface area contributed by atoms with Crippen LogP contribution in [-0.2, 0) is 16.9 Å². The fourth-order valence-corrected chi connectivity index (χ4v) is 4.59. The molecule has 1 aliphatic heterocycles. The molecular weight excluding hydrogens is 414 g/mol. The van der Waals surface area contributed by atoms with Crippen molar-refractivity contribution in [3.05, 3.63) is 95.6 Å². The quantitative estimate of drug-likeness (QED) is 0.486. The zero-order chi connectivity index (χ0) is 23.3. The van der Waals surface area contributed by atoms with Gasteiger partial charge in [-0.2, -0.15) is 0 Å². The van der Waals surface area contributed by atoms with E-state index in [0.717, 1.165) is 27.8 Å². The standard InChI is InChI=1S/C28H31NO4/c1-21(23-12-14-25(15-13-23)24-10-8-22(20-31)9-11-24)29-18-17-28(16-5-19-30,33-27(29)32)26-6-3-2-4-7-26/h2-4,6-15,21,30-31H,5,16-20H2,1H3/t21?,28-/m1/s1. The van der Waals surface area contributed by atoms with Crippen molar-refractivity contribution in [1.82, 2.24) is 4.90 Å². The molecule has 1 heterocycles. The van der Waals surface area contributed by atoms with E-state index in [9.17, 15) is 15.0 Å². The van der Waals surface area contributed by atoms with E-state index in [1.165, 1.54) is 0 Å². The number of nitrogens with zero attached hydrogens (tertiary/aromatic N) is 1. The van der Waals surface area contributed by atoms with Gasteiger partial charge in [-0.15, -0.1) is 0 Å². The summed E-state index contributed by atoms with van der Waals surface area (Å²) < 4.78 is 6.09. The first-order chi connectivity index (χ1) is 16.1. The van der Waals surface area contributed by atoms with E-state index < -0.39 is 5.60 Å². The number of aliphatic hydroxyl groups excluding tert-OH is 2. The minimum absolute atomic E-state index is 0.0359. The SMILES string of the molecule is CC(c1ccc(-c2ccc(CO)cc2)cc1)N1CC[C@](CCCO)(c2ccccc2)OC1=O. The van der Waals surface area contributed by atoms with E-state index in [-0.39, 0.29) is 25.3 Å². The molecule has 5 nitrogen and oxygen atoms in total. The molecule has 2 atom stereocenters. The second-order valence-electron chi connectivity index (χ2n) is 8.65. The largest absolute Gasteiger partial charge is 0.438 e. The first-order valence-corrected chi connectivity index (χ1v) is 11.5. The normalized spacial score (nSPS) is 19.2. The van der Waals surface area contributed by atoms with Crippen molar-refractivity contribution in [3.63, 3.8) is 0 Å². The van der Waals surface area contributed by atoms with Crippen LogP contribution in [0.25, 0.3) is 11.1 Å². The Hall–Kier alpha value is -3.15. The van der Waals surface area contributed by atoms with Gasteiger partial charge in [-0.1, -0.05) is 78.9 Å². The van der Waals surface area contributed by atoms with Crippen molar-refractivity contribution in [2.75, 3.05) is 13.2 Å². The van der Waals surface area contributed by atoms with E-state index in [4.69, 9.17) is 4.74 Å². The lowest BCUT2D eigenvalue weighted by Crippen LogP contribution is -2.48. The van der Waals surface area contributed by atoms with Gasteiger partial charge in [-0.05, 0) is 47.6 Å². The molecule has 0 saturated carbocycles. The summed E-state index contributed by atoms with van der Waals surface area (Å²) in [6, 6.07) is 25.8. The van der Waals surface area contributed by atoms with E-state index in [1.54, 1.807) is 4.90 Å². The molecule has 1 aliphatic rings. The van der Waals surface area contributed by atoms with Crippen molar-refractivity contribution in [1.29, 1.82) is 0 Å². The summed E-state index contributed by atoms with van der Waals surface area (Å²) in [5, 5.41) is 18.6. The van der Waals surface area contributed by atoms with Gasteiger partial charge in [0.1, 0.15) is 5.60 Å². The average molecular weight is 446 g/mol. The zero-order valence-corrected chi connectivity index (χ0v) is 19.0. The lowest BCUT2D eigenvalue weighted by molar-refractivity contribution is -0.0680. The van der Waals surface area contributed by atoms with Gasteiger partial charge < -0.3 is 19.8 Å². The molecule has 0 aliphatic carbocycles. The maximum absolute atomic E-state index is 13.1. The van der Waals surface area contributed by atoms with Crippen LogP contribution in [0.1, 0.15) is 48.9 Å². The highest BCUT2D eigenvalue weighted by Crippen LogP contribution is 2.40. The number of hydrogen-bond donors (Lipinski definition) is 2. The van der Waals surface area contributed by atoms with Gasteiger partial charge in [0.05, 0.1) is 12.6 Å². The van der Waals surface area contributed by atoms with Crippen molar-refractivity contribution < 1.29 is 19.7 Å². The third-order valence-electron chi connectivity index (χ3n) is 6.64. The molecule has 1 fully saturated rings. The minimum Gasteiger partial charge on any atom is -0.438 e. The molecule has 1 saturated heterocycles. The Labute approximate surface area is 195 Å². The molecule has 0 aromatic heterocycles. The number of amides is 1. The highest BCUT2D eigenvalue weighted by Gasteiger charge is 2.43. The summed E-state index contributed by atoms with van der Waals surface area (Å²) in [5.74, 6) is 0. The van der Waals surface area contributed by atoms with Crippen molar-refractivity contribution in [2.24, 2.45) is 0 Å². The van der Waals surface area contributed by atoms with Crippen LogP contribution in [0.4, 0.5) is 4.79 Å². The van der Waals surface area contributed by atoms with Crippen LogP contribution in [0, 0.1) is 0 Å². The highest BCUT2D eigenvalue weighted by atomic mass is 16.6. The van der Waals surface area contributed by atoms with Crippen LogP contribution >= 0.6 is 0 Å². The number of rotatable bonds is 8. The van der Waals surface area contributed by atoms with Crippen LogP contribution in [-0.4, -0.2) is 34.4 Å². The van der Waals surface area contributed by atoms with Crippen molar-refractivity contribution >= 4 is 6.09 Å². The highest BCUT2D eigenvalue weighted by molar-refractivity contribution is 5.70. The van der Waals surface area contributed by atoms with E-state index in [1.807, 2.05) is 61.5 Å². The molecule has 0 spiro atoms. The summed E-state index contributed by atoms with van der Waals surface area (Å²) >= 11 is 0. The summed E-state index contributed by atoms with van der Waals surface area (Å²) in [6.07, 6.45) is 1.55. The minimum atomic E-state index is -0.693. The first kappa shape index (κ1) is 23.0. The molecule has 0 radical (unpaired) electrons. The van der Waals surface area contributed by atoms with Crippen molar-refractivity contribution in [3.8, 4) is 11.1 Å². The predicted octanol–water partition coefficient (Wildman–Crippen LogP) is 5.42. The molecule has 3 aromatic carbocycles. The van der Waals surface area contributed by atoms with Crippen LogP contribution in [0.3, 0.4) is 0 Å². The summed E-state index contributed by atoms with van der Waals surface area (Å²) in [5.41, 5.74) is 4.39. The number of cyclic esters (lactones) is 1. The molecule has 33 heavy (non-hydrogen) atoms. The second-order valence-corrected chi connectivity index (χ2v) is 8.65. The number of hydrogen-bond acceptors (Lipinski definition) is 4. The predicted molar refractivity (Wildman–Crippen MR) is 128 cm³/mol. The maximum atomic E-state index is 13.1. The topological polar surface area (TPSA) is 70.0 Å². The molecule has 1 unspecified atom stereocenters. The Balaban J connectivity index is 1.49. The molecule has 172 valence electrons. The molecule has 5 heteroatoms. The van der Waals surface area contributed by atoms with Crippen LogP contribution in [0.15, 0.2) is 78.9 Å². The monoisotopic (exact) mass is 445 g/mol. The molecule has 1 amide bonds. The number of carbonyl (C=O) groups is 1. The number of benzene rings is 3. The molecular formula is C28H31NO4. The van der Waals surface area contributed by atoms with E-state index in [2.05, 4.69) is 24.3 Å². The Morgan fingerprint density at radius 1 is 0.939 bits per heavy atom. The Bertz CT molecular complexity index is 1050. The van der Waals surface area contributed by atoms with Gasteiger partial charge in [0.15, 0.2) is 0 Å². The molecule has 0 bridgehead atoms. The summed E-state index contributed by atoms with van der Waals surface area (Å²) in [6.45, 7) is 2.72. The third kappa shape index (κ3) is 4.95. The average Bonchev–Trinajstić information content (AvgIpc) is 2.88. The second kappa shape index (κ2) is 10.2. The van der Waals surface area contributed by atoms with Gasteiger partial charge in [-0.3, -0.25) is 0 Å². The Morgan fingerprint density at radius 3 is 2.15 bits per heavy atom. The lowest BCUT2D eigenvalue weighted by Gasteiger charge is -2.43.